The second kappa shape index (κ2) is 5.77. The van der Waals surface area contributed by atoms with Crippen LogP contribution in [0.25, 0.3) is 0 Å². The lowest BCUT2D eigenvalue weighted by molar-refractivity contribution is -0.123. The van der Waals surface area contributed by atoms with Gasteiger partial charge in [0, 0.05) is 0 Å². The standard InChI is InChI=1S/C13H19FN2O/c1-8(2)12(15)13(17)16-9(3)10-4-6-11(14)7-5-10/h4-9,12H,15H2,1-3H3,(H,16,17)/t9-,12?/m1/s1. The van der Waals surface area contributed by atoms with Crippen molar-refractivity contribution >= 4 is 5.91 Å². The summed E-state index contributed by atoms with van der Waals surface area (Å²) in [5.74, 6) is -0.376. The first-order valence-corrected chi connectivity index (χ1v) is 5.73. The number of nitrogens with two attached hydrogens (primary N) is 1. The molecule has 0 aromatic heterocycles. The van der Waals surface area contributed by atoms with Crippen LogP contribution in [-0.2, 0) is 4.79 Å². The van der Waals surface area contributed by atoms with E-state index in [1.165, 1.54) is 12.1 Å². The average Bonchev–Trinajstić information content (AvgIpc) is 2.28. The van der Waals surface area contributed by atoms with E-state index in [9.17, 15) is 9.18 Å². The molecule has 0 aliphatic heterocycles. The summed E-state index contributed by atoms with van der Waals surface area (Å²) in [7, 11) is 0. The summed E-state index contributed by atoms with van der Waals surface area (Å²) in [6.45, 7) is 5.64. The van der Waals surface area contributed by atoms with Crippen LogP contribution in [0, 0.1) is 11.7 Å². The number of hydrogen-bond donors (Lipinski definition) is 2. The predicted octanol–water partition coefficient (Wildman–Crippen LogP) is 1.99. The Kier molecular flexibility index (Phi) is 4.63. The minimum absolute atomic E-state index is 0.0930. The van der Waals surface area contributed by atoms with Gasteiger partial charge in [0.15, 0.2) is 0 Å². The lowest BCUT2D eigenvalue weighted by Crippen LogP contribution is -2.44. The van der Waals surface area contributed by atoms with E-state index in [-0.39, 0.29) is 23.7 Å². The molecule has 0 fully saturated rings. The quantitative estimate of drug-likeness (QED) is 0.842. The first-order chi connectivity index (χ1) is 7.91. The molecule has 1 unspecified atom stereocenters. The van der Waals surface area contributed by atoms with E-state index >= 15 is 0 Å². The number of carbonyl (C=O) groups excluding carboxylic acids is 1. The van der Waals surface area contributed by atoms with Crippen LogP contribution in [0.3, 0.4) is 0 Å². The molecular formula is C13H19FN2O. The third kappa shape index (κ3) is 3.82. The molecule has 0 aliphatic carbocycles. The molecule has 4 heteroatoms. The van der Waals surface area contributed by atoms with E-state index in [0.717, 1.165) is 5.56 Å². The fourth-order valence-electron chi connectivity index (χ4n) is 1.45. The molecule has 0 radical (unpaired) electrons. The van der Waals surface area contributed by atoms with E-state index in [2.05, 4.69) is 5.32 Å². The van der Waals surface area contributed by atoms with Crippen LogP contribution in [-0.4, -0.2) is 11.9 Å². The van der Waals surface area contributed by atoms with Crippen LogP contribution in [0.2, 0.25) is 0 Å². The summed E-state index contributed by atoms with van der Waals surface area (Å²) >= 11 is 0. The molecule has 3 nitrogen and oxygen atoms in total. The van der Waals surface area contributed by atoms with E-state index in [1.54, 1.807) is 12.1 Å². The molecule has 0 saturated carbocycles. The lowest BCUT2D eigenvalue weighted by atomic mass is 10.0. The zero-order valence-corrected chi connectivity index (χ0v) is 10.4. The van der Waals surface area contributed by atoms with Gasteiger partial charge < -0.3 is 11.1 Å². The molecule has 0 heterocycles. The second-order valence-electron chi connectivity index (χ2n) is 4.55. The third-order valence-corrected chi connectivity index (χ3v) is 2.75. The van der Waals surface area contributed by atoms with Crippen LogP contribution < -0.4 is 11.1 Å². The normalized spacial score (nSPS) is 14.5. The highest BCUT2D eigenvalue weighted by Crippen LogP contribution is 2.13. The maximum absolute atomic E-state index is 12.7. The number of rotatable bonds is 4. The van der Waals surface area contributed by atoms with Crippen LogP contribution in [0.15, 0.2) is 24.3 Å². The summed E-state index contributed by atoms with van der Waals surface area (Å²) in [5.41, 5.74) is 6.60. The van der Waals surface area contributed by atoms with Crippen molar-refractivity contribution in [2.75, 3.05) is 0 Å². The number of hydrogen-bond acceptors (Lipinski definition) is 2. The van der Waals surface area contributed by atoms with Crippen molar-refractivity contribution in [2.24, 2.45) is 11.7 Å². The first-order valence-electron chi connectivity index (χ1n) is 5.73. The van der Waals surface area contributed by atoms with Gasteiger partial charge in [-0.25, -0.2) is 4.39 Å². The molecular weight excluding hydrogens is 219 g/mol. The smallest absolute Gasteiger partial charge is 0.237 e. The lowest BCUT2D eigenvalue weighted by Gasteiger charge is -2.19. The van der Waals surface area contributed by atoms with Crippen LogP contribution in [0.4, 0.5) is 4.39 Å². The highest BCUT2D eigenvalue weighted by molar-refractivity contribution is 5.82. The van der Waals surface area contributed by atoms with Crippen molar-refractivity contribution in [2.45, 2.75) is 32.9 Å². The average molecular weight is 238 g/mol. The van der Waals surface area contributed by atoms with Crippen LogP contribution in [0.5, 0.6) is 0 Å². The van der Waals surface area contributed by atoms with E-state index < -0.39 is 6.04 Å². The number of amides is 1. The monoisotopic (exact) mass is 238 g/mol. The van der Waals surface area contributed by atoms with Gasteiger partial charge in [-0.2, -0.15) is 0 Å². The summed E-state index contributed by atoms with van der Waals surface area (Å²) < 4.78 is 12.7. The van der Waals surface area contributed by atoms with Crippen molar-refractivity contribution in [3.63, 3.8) is 0 Å². The van der Waals surface area contributed by atoms with Crippen LogP contribution in [0.1, 0.15) is 32.4 Å². The topological polar surface area (TPSA) is 55.1 Å². The van der Waals surface area contributed by atoms with Crippen molar-refractivity contribution < 1.29 is 9.18 Å². The minimum atomic E-state index is -0.516. The SMILES string of the molecule is CC(C)C(N)C(=O)N[C@H](C)c1ccc(F)cc1. The van der Waals surface area contributed by atoms with E-state index in [0.29, 0.717) is 0 Å². The van der Waals surface area contributed by atoms with Gasteiger partial charge >= 0.3 is 0 Å². The fourth-order valence-corrected chi connectivity index (χ4v) is 1.45. The summed E-state index contributed by atoms with van der Waals surface area (Å²) in [6, 6.07) is 5.37. The molecule has 3 N–H and O–H groups in total. The zero-order chi connectivity index (χ0) is 13.0. The second-order valence-corrected chi connectivity index (χ2v) is 4.55. The molecule has 1 rings (SSSR count). The molecule has 94 valence electrons. The molecule has 0 bridgehead atoms. The number of halogens is 1. The van der Waals surface area contributed by atoms with Crippen molar-refractivity contribution in [1.29, 1.82) is 0 Å². The summed E-state index contributed by atoms with van der Waals surface area (Å²) in [4.78, 5) is 11.7. The molecule has 2 atom stereocenters. The van der Waals surface area contributed by atoms with Crippen molar-refractivity contribution in [1.82, 2.24) is 5.32 Å². The summed E-state index contributed by atoms with van der Waals surface area (Å²) in [6.07, 6.45) is 0. The van der Waals surface area contributed by atoms with Gasteiger partial charge in [-0.3, -0.25) is 4.79 Å². The highest BCUT2D eigenvalue weighted by Gasteiger charge is 2.19. The predicted molar refractivity (Wildman–Crippen MR) is 65.8 cm³/mol. The van der Waals surface area contributed by atoms with Gasteiger partial charge in [-0.1, -0.05) is 26.0 Å². The molecule has 1 aromatic rings. The zero-order valence-electron chi connectivity index (χ0n) is 10.4. The number of nitrogens with one attached hydrogen (secondary N) is 1. The molecule has 0 saturated heterocycles. The van der Waals surface area contributed by atoms with Gasteiger partial charge in [-0.05, 0) is 30.5 Å². The van der Waals surface area contributed by atoms with E-state index in [1.807, 2.05) is 20.8 Å². The maximum Gasteiger partial charge on any atom is 0.237 e. The van der Waals surface area contributed by atoms with Crippen molar-refractivity contribution in [3.05, 3.63) is 35.6 Å². The summed E-state index contributed by atoms with van der Waals surface area (Å²) in [5, 5.41) is 2.81. The molecule has 17 heavy (non-hydrogen) atoms. The Morgan fingerprint density at radius 2 is 1.76 bits per heavy atom. The Morgan fingerprint density at radius 1 is 1.24 bits per heavy atom. The molecule has 1 aromatic carbocycles. The Hall–Kier alpha value is -1.42. The largest absolute Gasteiger partial charge is 0.348 e. The Labute approximate surface area is 101 Å². The third-order valence-electron chi connectivity index (χ3n) is 2.75. The Morgan fingerprint density at radius 3 is 2.24 bits per heavy atom. The fraction of sp³-hybridized carbons (Fsp3) is 0.462. The number of benzene rings is 1. The molecule has 0 spiro atoms. The first kappa shape index (κ1) is 13.6. The number of carbonyl (C=O) groups is 1. The van der Waals surface area contributed by atoms with Gasteiger partial charge in [0.2, 0.25) is 5.91 Å². The van der Waals surface area contributed by atoms with Gasteiger partial charge in [0.05, 0.1) is 12.1 Å². The van der Waals surface area contributed by atoms with Gasteiger partial charge in [-0.15, -0.1) is 0 Å². The maximum atomic E-state index is 12.7. The molecule has 0 aliphatic rings. The van der Waals surface area contributed by atoms with Crippen molar-refractivity contribution in [3.8, 4) is 0 Å². The van der Waals surface area contributed by atoms with E-state index in [4.69, 9.17) is 5.73 Å². The Balaban J connectivity index is 2.63. The minimum Gasteiger partial charge on any atom is -0.348 e. The van der Waals surface area contributed by atoms with Crippen LogP contribution >= 0.6 is 0 Å². The Bertz CT molecular complexity index is 376. The molecule has 1 amide bonds. The van der Waals surface area contributed by atoms with Gasteiger partial charge in [0.25, 0.3) is 0 Å². The highest BCUT2D eigenvalue weighted by atomic mass is 19.1. The van der Waals surface area contributed by atoms with Gasteiger partial charge in [0.1, 0.15) is 5.82 Å².